The molecular weight excluding hydrogens is 282 g/mol. The Morgan fingerprint density at radius 2 is 2.10 bits per heavy atom. The number of amides is 1. The Balaban J connectivity index is 1.88. The van der Waals surface area contributed by atoms with Gasteiger partial charge in [0, 0.05) is 16.5 Å². The van der Waals surface area contributed by atoms with Crippen molar-refractivity contribution in [1.29, 1.82) is 0 Å². The van der Waals surface area contributed by atoms with Gasteiger partial charge < -0.3 is 5.32 Å². The maximum absolute atomic E-state index is 12.4. The normalized spacial score (nSPS) is 11.2. The topological polar surface area (TPSA) is 57.8 Å². The van der Waals surface area contributed by atoms with Crippen LogP contribution in [-0.2, 0) is 0 Å². The van der Waals surface area contributed by atoms with Gasteiger partial charge in [-0.3, -0.25) is 9.89 Å². The molecule has 0 radical (unpaired) electrons. The van der Waals surface area contributed by atoms with Gasteiger partial charge in [-0.25, -0.2) is 0 Å². The number of aromatic nitrogens is 2. The van der Waals surface area contributed by atoms with Crippen molar-refractivity contribution in [1.82, 2.24) is 10.2 Å². The third-order valence-corrected chi connectivity index (χ3v) is 4.78. The first kappa shape index (κ1) is 13.8. The molecule has 1 aromatic carbocycles. The fourth-order valence-corrected chi connectivity index (χ4v) is 3.36. The number of hydrogen-bond acceptors (Lipinski definition) is 3. The smallest absolute Gasteiger partial charge is 0.267 e. The van der Waals surface area contributed by atoms with E-state index < -0.39 is 0 Å². The molecule has 2 aromatic heterocycles. The second kappa shape index (κ2) is 5.33. The molecule has 108 valence electrons. The summed E-state index contributed by atoms with van der Waals surface area (Å²) in [5.74, 6) is 0.824. The van der Waals surface area contributed by atoms with Gasteiger partial charge in [0.05, 0.1) is 4.88 Å². The molecule has 0 bridgehead atoms. The third-order valence-electron chi connectivity index (χ3n) is 3.51. The van der Waals surface area contributed by atoms with Crippen LogP contribution in [0.2, 0.25) is 0 Å². The zero-order valence-electron chi connectivity index (χ0n) is 12.2. The van der Waals surface area contributed by atoms with Crippen LogP contribution < -0.4 is 5.32 Å². The van der Waals surface area contributed by atoms with Crippen LogP contribution in [-0.4, -0.2) is 16.1 Å². The number of hydrogen-bond donors (Lipinski definition) is 2. The molecule has 5 heteroatoms. The summed E-state index contributed by atoms with van der Waals surface area (Å²) in [6.45, 7) is 6.14. The molecular formula is C16H17N3OS. The van der Waals surface area contributed by atoms with E-state index in [0.717, 1.165) is 26.2 Å². The number of nitrogens with one attached hydrogen (secondary N) is 2. The van der Waals surface area contributed by atoms with Crippen LogP contribution in [0.3, 0.4) is 0 Å². The number of fused-ring (bicyclic) bond motifs is 1. The fourth-order valence-electron chi connectivity index (χ4n) is 2.26. The van der Waals surface area contributed by atoms with Crippen molar-refractivity contribution >= 4 is 33.1 Å². The second-order valence-corrected chi connectivity index (χ2v) is 6.42. The molecule has 3 aromatic rings. The maximum atomic E-state index is 12.4. The largest absolute Gasteiger partial charge is 0.304 e. The quantitative estimate of drug-likeness (QED) is 0.757. The number of benzene rings is 1. The van der Waals surface area contributed by atoms with Gasteiger partial charge in [0.25, 0.3) is 5.91 Å². The summed E-state index contributed by atoms with van der Waals surface area (Å²) in [6, 6.07) is 9.94. The van der Waals surface area contributed by atoms with Crippen molar-refractivity contribution in [3.8, 4) is 0 Å². The highest BCUT2D eigenvalue weighted by atomic mass is 32.1. The van der Waals surface area contributed by atoms with Crippen LogP contribution in [0.5, 0.6) is 0 Å². The lowest BCUT2D eigenvalue weighted by Gasteiger charge is -2.00. The van der Waals surface area contributed by atoms with E-state index in [1.807, 2.05) is 37.3 Å². The second-order valence-electron chi connectivity index (χ2n) is 5.37. The lowest BCUT2D eigenvalue weighted by atomic mass is 10.1. The van der Waals surface area contributed by atoms with Crippen molar-refractivity contribution < 1.29 is 4.79 Å². The Bertz CT molecular complexity index is 801. The van der Waals surface area contributed by atoms with Crippen LogP contribution in [0.1, 0.15) is 40.7 Å². The van der Waals surface area contributed by atoms with Gasteiger partial charge in [-0.15, -0.1) is 11.3 Å². The number of carbonyl (C=O) groups excluding carboxylic acids is 1. The molecule has 2 N–H and O–H groups in total. The Morgan fingerprint density at radius 3 is 2.76 bits per heavy atom. The Hall–Kier alpha value is -2.14. The Morgan fingerprint density at radius 1 is 1.33 bits per heavy atom. The summed E-state index contributed by atoms with van der Waals surface area (Å²) in [4.78, 5) is 13.2. The fraction of sp³-hybridized carbons (Fsp3) is 0.250. The highest BCUT2D eigenvalue weighted by molar-refractivity contribution is 7.21. The maximum Gasteiger partial charge on any atom is 0.267 e. The molecule has 0 saturated carbocycles. The van der Waals surface area contributed by atoms with E-state index in [0.29, 0.717) is 11.7 Å². The van der Waals surface area contributed by atoms with Crippen LogP contribution >= 0.6 is 11.3 Å². The SMILES string of the molecule is Cc1c(C(=O)Nc2cc(C(C)C)[nH]n2)sc2ccccc12. The molecule has 0 saturated heterocycles. The summed E-state index contributed by atoms with van der Waals surface area (Å²) in [5.41, 5.74) is 2.03. The van der Waals surface area contributed by atoms with Crippen LogP contribution in [0.25, 0.3) is 10.1 Å². The van der Waals surface area contributed by atoms with Crippen molar-refractivity contribution in [3.63, 3.8) is 0 Å². The lowest BCUT2D eigenvalue weighted by Crippen LogP contribution is -2.11. The van der Waals surface area contributed by atoms with E-state index >= 15 is 0 Å². The molecule has 0 fully saturated rings. The number of aromatic amines is 1. The van der Waals surface area contributed by atoms with Gasteiger partial charge in [-0.05, 0) is 29.9 Å². The third kappa shape index (κ3) is 2.56. The summed E-state index contributed by atoms with van der Waals surface area (Å²) in [7, 11) is 0. The average molecular weight is 299 g/mol. The number of anilines is 1. The van der Waals surface area contributed by atoms with Gasteiger partial charge in [0.1, 0.15) is 0 Å². The van der Waals surface area contributed by atoms with Gasteiger partial charge >= 0.3 is 0 Å². The van der Waals surface area contributed by atoms with Crippen molar-refractivity contribution in [2.24, 2.45) is 0 Å². The number of rotatable bonds is 3. The Labute approximate surface area is 127 Å². The summed E-state index contributed by atoms with van der Waals surface area (Å²) >= 11 is 1.51. The molecule has 0 aliphatic rings. The zero-order chi connectivity index (χ0) is 15.0. The van der Waals surface area contributed by atoms with Gasteiger partial charge in [-0.1, -0.05) is 32.0 Å². The van der Waals surface area contributed by atoms with E-state index in [-0.39, 0.29) is 5.91 Å². The zero-order valence-corrected chi connectivity index (χ0v) is 13.0. The number of H-pyrrole nitrogens is 1. The van der Waals surface area contributed by atoms with Crippen LogP contribution in [0, 0.1) is 6.92 Å². The molecule has 0 atom stereocenters. The molecule has 0 aliphatic carbocycles. The first-order chi connectivity index (χ1) is 10.1. The first-order valence-corrected chi connectivity index (χ1v) is 7.72. The van der Waals surface area contributed by atoms with Crippen LogP contribution in [0.15, 0.2) is 30.3 Å². The van der Waals surface area contributed by atoms with E-state index in [4.69, 9.17) is 0 Å². The van der Waals surface area contributed by atoms with E-state index in [1.54, 1.807) is 0 Å². The molecule has 3 rings (SSSR count). The first-order valence-electron chi connectivity index (χ1n) is 6.91. The van der Waals surface area contributed by atoms with Gasteiger partial charge in [0.2, 0.25) is 0 Å². The summed E-state index contributed by atoms with van der Waals surface area (Å²) < 4.78 is 1.13. The van der Waals surface area contributed by atoms with Gasteiger partial charge in [-0.2, -0.15) is 5.10 Å². The van der Waals surface area contributed by atoms with Crippen molar-refractivity contribution in [3.05, 3.63) is 46.5 Å². The minimum Gasteiger partial charge on any atom is -0.304 e. The van der Waals surface area contributed by atoms with E-state index in [9.17, 15) is 4.79 Å². The van der Waals surface area contributed by atoms with E-state index in [1.165, 1.54) is 11.3 Å². The minimum absolute atomic E-state index is 0.101. The molecule has 2 heterocycles. The molecule has 0 aliphatic heterocycles. The molecule has 0 unspecified atom stereocenters. The number of aryl methyl sites for hydroxylation is 1. The lowest BCUT2D eigenvalue weighted by molar-refractivity contribution is 0.102. The highest BCUT2D eigenvalue weighted by Gasteiger charge is 2.16. The average Bonchev–Trinajstić information content (AvgIpc) is 3.05. The number of thiophene rings is 1. The predicted octanol–water partition coefficient (Wildman–Crippen LogP) is 4.31. The highest BCUT2D eigenvalue weighted by Crippen LogP contribution is 2.31. The number of carbonyl (C=O) groups is 1. The van der Waals surface area contributed by atoms with Crippen molar-refractivity contribution in [2.45, 2.75) is 26.7 Å². The minimum atomic E-state index is -0.101. The van der Waals surface area contributed by atoms with Crippen molar-refractivity contribution in [2.75, 3.05) is 5.32 Å². The standard InChI is InChI=1S/C16H17N3OS/c1-9(2)12-8-14(19-18-12)17-16(20)15-10(3)11-6-4-5-7-13(11)21-15/h4-9H,1-3H3,(H2,17,18,19,20). The van der Waals surface area contributed by atoms with E-state index in [2.05, 4.69) is 29.4 Å². The predicted molar refractivity (Wildman–Crippen MR) is 87.2 cm³/mol. The van der Waals surface area contributed by atoms with Crippen LogP contribution in [0.4, 0.5) is 5.82 Å². The summed E-state index contributed by atoms with van der Waals surface area (Å²) in [6.07, 6.45) is 0. The number of nitrogens with zero attached hydrogens (tertiary/aromatic N) is 1. The molecule has 21 heavy (non-hydrogen) atoms. The molecule has 0 spiro atoms. The monoisotopic (exact) mass is 299 g/mol. The molecule has 1 amide bonds. The summed E-state index contributed by atoms with van der Waals surface area (Å²) in [5, 5.41) is 11.1. The van der Waals surface area contributed by atoms with Gasteiger partial charge in [0.15, 0.2) is 5.82 Å². The Kier molecular flexibility index (Phi) is 3.51. The molecule has 4 nitrogen and oxygen atoms in total.